The van der Waals surface area contributed by atoms with Crippen LogP contribution in [0.25, 0.3) is 0 Å². The van der Waals surface area contributed by atoms with Crippen molar-refractivity contribution in [3.63, 3.8) is 0 Å². The molecule has 0 amide bonds. The highest BCUT2D eigenvalue weighted by molar-refractivity contribution is 5.56. The van der Waals surface area contributed by atoms with Crippen LogP contribution < -0.4 is 11.5 Å². The Balaban J connectivity index is 3.10. The zero-order valence-electron chi connectivity index (χ0n) is 6.26. The van der Waals surface area contributed by atoms with Gasteiger partial charge in [0, 0.05) is 0 Å². The summed E-state index contributed by atoms with van der Waals surface area (Å²) in [6, 6.07) is 1.89. The topological polar surface area (TPSA) is 105 Å². The highest BCUT2D eigenvalue weighted by Gasteiger charge is 2.06. The summed E-state index contributed by atoms with van der Waals surface area (Å²) in [6.45, 7) is 0.240. The highest BCUT2D eigenvalue weighted by Crippen LogP contribution is 2.09. The molecule has 5 N–H and O–H groups in total. The van der Waals surface area contributed by atoms with E-state index in [4.69, 9.17) is 16.7 Å². The molecule has 0 bridgehead atoms. The van der Waals surface area contributed by atoms with Crippen LogP contribution in [0.1, 0.15) is 11.3 Å². The smallest absolute Gasteiger partial charge is 0.164 e. The van der Waals surface area contributed by atoms with Gasteiger partial charge in [-0.15, -0.1) is 0 Å². The number of nitriles is 1. The Bertz CT molecular complexity index is 373. The number of nitrogen functional groups attached to an aromatic ring is 1. The van der Waals surface area contributed by atoms with Crippen LogP contribution in [0.3, 0.4) is 0 Å². The lowest BCUT2D eigenvalue weighted by atomic mass is 10.2. The molecule has 0 aliphatic rings. The molecule has 1 aromatic rings. The van der Waals surface area contributed by atoms with E-state index in [-0.39, 0.29) is 17.9 Å². The number of aromatic amines is 1. The first kappa shape index (κ1) is 8.12. The van der Waals surface area contributed by atoms with Gasteiger partial charge >= 0.3 is 0 Å². The fraction of sp³-hybridized carbons (Fsp3) is 0.143. The third kappa shape index (κ3) is 1.36. The Morgan fingerprint density at radius 2 is 2.33 bits per heavy atom. The Morgan fingerprint density at radius 1 is 1.58 bits per heavy atom. The van der Waals surface area contributed by atoms with Gasteiger partial charge in [0.1, 0.15) is 17.3 Å². The molecule has 60 valence electrons. The van der Waals surface area contributed by atoms with E-state index in [2.05, 4.69) is 22.0 Å². The van der Waals surface area contributed by atoms with Crippen molar-refractivity contribution in [3.05, 3.63) is 11.3 Å². The maximum absolute atomic E-state index is 8.60. The summed E-state index contributed by atoms with van der Waals surface area (Å²) in [7, 11) is 0. The first-order valence-electron chi connectivity index (χ1n) is 3.22. The van der Waals surface area contributed by atoms with Crippen molar-refractivity contribution < 1.29 is 0 Å². The maximum atomic E-state index is 8.60. The van der Waals surface area contributed by atoms with Gasteiger partial charge < -0.3 is 11.5 Å². The third-order valence-corrected chi connectivity index (χ3v) is 1.22. The molecule has 0 saturated carbocycles. The number of H-pyrrole nitrogens is 1. The Labute approximate surface area is 69.4 Å². The lowest BCUT2D eigenvalue weighted by Gasteiger charge is -1.82. The number of hydrogen-bond acceptors (Lipinski definition) is 4. The SMILES string of the molecule is N#Cc1c(N)n[nH]c1C#CCN. The summed E-state index contributed by atoms with van der Waals surface area (Å²) in [5, 5.41) is 14.8. The van der Waals surface area contributed by atoms with E-state index in [1.807, 2.05) is 6.07 Å². The molecule has 0 atom stereocenters. The number of aromatic nitrogens is 2. The zero-order chi connectivity index (χ0) is 8.97. The van der Waals surface area contributed by atoms with Crippen LogP contribution in [0, 0.1) is 23.2 Å². The van der Waals surface area contributed by atoms with Gasteiger partial charge in [-0.25, -0.2) is 0 Å². The van der Waals surface area contributed by atoms with E-state index in [1.165, 1.54) is 0 Å². The quantitative estimate of drug-likeness (QED) is 0.432. The number of rotatable bonds is 0. The van der Waals surface area contributed by atoms with Crippen LogP contribution in [-0.4, -0.2) is 16.7 Å². The molecule has 0 aliphatic carbocycles. The average Bonchev–Trinajstić information content (AvgIpc) is 2.43. The van der Waals surface area contributed by atoms with Crippen LogP contribution in [-0.2, 0) is 0 Å². The van der Waals surface area contributed by atoms with Gasteiger partial charge in [0.05, 0.1) is 6.54 Å². The van der Waals surface area contributed by atoms with E-state index in [1.54, 1.807) is 0 Å². The second kappa shape index (κ2) is 3.42. The molecule has 5 nitrogen and oxygen atoms in total. The standard InChI is InChI=1S/C7H7N5/c8-3-1-2-6-5(4-9)7(10)12-11-6/h3,8H2,(H3,10,11,12). The summed E-state index contributed by atoms with van der Waals surface area (Å²) in [6.07, 6.45) is 0. The van der Waals surface area contributed by atoms with Crippen molar-refractivity contribution in [3.8, 4) is 17.9 Å². The van der Waals surface area contributed by atoms with Crippen LogP contribution >= 0.6 is 0 Å². The van der Waals surface area contributed by atoms with Gasteiger partial charge in [0.2, 0.25) is 0 Å². The Hall–Kier alpha value is -1.98. The van der Waals surface area contributed by atoms with Crippen LogP contribution in [0.15, 0.2) is 0 Å². The lowest BCUT2D eigenvalue weighted by Crippen LogP contribution is -1.93. The second-order valence-corrected chi connectivity index (χ2v) is 1.98. The van der Waals surface area contributed by atoms with E-state index < -0.39 is 0 Å². The van der Waals surface area contributed by atoms with Crippen LogP contribution in [0.4, 0.5) is 5.82 Å². The highest BCUT2D eigenvalue weighted by atomic mass is 15.2. The first-order chi connectivity index (χ1) is 5.79. The van der Waals surface area contributed by atoms with Crippen molar-refractivity contribution in [1.29, 1.82) is 5.26 Å². The van der Waals surface area contributed by atoms with Gasteiger partial charge in [0.15, 0.2) is 5.82 Å². The number of hydrogen-bond donors (Lipinski definition) is 3. The van der Waals surface area contributed by atoms with Crippen molar-refractivity contribution in [2.45, 2.75) is 0 Å². The van der Waals surface area contributed by atoms with Gasteiger partial charge in [0.25, 0.3) is 0 Å². The van der Waals surface area contributed by atoms with Gasteiger partial charge in [-0.3, -0.25) is 5.10 Å². The molecular formula is C7H7N5. The van der Waals surface area contributed by atoms with E-state index in [0.717, 1.165) is 0 Å². The van der Waals surface area contributed by atoms with E-state index in [0.29, 0.717) is 5.69 Å². The first-order valence-corrected chi connectivity index (χ1v) is 3.22. The Morgan fingerprint density at radius 3 is 2.92 bits per heavy atom. The lowest BCUT2D eigenvalue weighted by molar-refractivity contribution is 1.08. The summed E-state index contributed by atoms with van der Waals surface area (Å²) in [5.41, 5.74) is 11.2. The van der Waals surface area contributed by atoms with Gasteiger partial charge in [-0.1, -0.05) is 5.92 Å². The zero-order valence-corrected chi connectivity index (χ0v) is 6.26. The molecule has 0 radical (unpaired) electrons. The molecule has 1 aromatic heterocycles. The van der Waals surface area contributed by atoms with Gasteiger partial charge in [-0.2, -0.15) is 10.4 Å². The molecule has 0 aliphatic heterocycles. The molecule has 1 rings (SSSR count). The number of nitrogens with two attached hydrogens (primary N) is 2. The molecule has 0 aromatic carbocycles. The molecule has 0 spiro atoms. The molecule has 5 heteroatoms. The second-order valence-electron chi connectivity index (χ2n) is 1.98. The summed E-state index contributed by atoms with van der Waals surface area (Å²) < 4.78 is 0. The van der Waals surface area contributed by atoms with Crippen molar-refractivity contribution >= 4 is 5.82 Å². The average molecular weight is 161 g/mol. The van der Waals surface area contributed by atoms with Crippen LogP contribution in [0.5, 0.6) is 0 Å². The molecule has 0 saturated heterocycles. The fourth-order valence-electron chi connectivity index (χ4n) is 0.699. The third-order valence-electron chi connectivity index (χ3n) is 1.22. The van der Waals surface area contributed by atoms with Crippen molar-refractivity contribution in [1.82, 2.24) is 10.2 Å². The van der Waals surface area contributed by atoms with Crippen molar-refractivity contribution in [2.24, 2.45) is 5.73 Å². The largest absolute Gasteiger partial charge is 0.381 e. The maximum Gasteiger partial charge on any atom is 0.164 e. The molecule has 0 unspecified atom stereocenters. The number of nitrogens with zero attached hydrogens (tertiary/aromatic N) is 2. The summed E-state index contributed by atoms with van der Waals surface area (Å²) in [4.78, 5) is 0. The summed E-state index contributed by atoms with van der Waals surface area (Å²) >= 11 is 0. The van der Waals surface area contributed by atoms with Crippen LogP contribution in [0.2, 0.25) is 0 Å². The van der Waals surface area contributed by atoms with E-state index >= 15 is 0 Å². The minimum Gasteiger partial charge on any atom is -0.381 e. The van der Waals surface area contributed by atoms with E-state index in [9.17, 15) is 0 Å². The monoisotopic (exact) mass is 161 g/mol. The predicted molar refractivity (Wildman–Crippen MR) is 43.6 cm³/mol. The Kier molecular flexibility index (Phi) is 2.32. The summed E-state index contributed by atoms with van der Waals surface area (Å²) in [5.74, 6) is 5.41. The van der Waals surface area contributed by atoms with Crippen molar-refractivity contribution in [2.75, 3.05) is 12.3 Å². The molecule has 12 heavy (non-hydrogen) atoms. The number of nitrogens with one attached hydrogen (secondary N) is 1. The fourth-order valence-corrected chi connectivity index (χ4v) is 0.699. The molecule has 1 heterocycles. The molecule has 0 fully saturated rings. The minimum atomic E-state index is 0.166. The number of anilines is 1. The van der Waals surface area contributed by atoms with Gasteiger partial charge in [-0.05, 0) is 5.92 Å². The predicted octanol–water partition coefficient (Wildman–Crippen LogP) is -0.826. The minimum absolute atomic E-state index is 0.166. The normalized spacial score (nSPS) is 8.33. The molecular weight excluding hydrogens is 154 g/mol.